The van der Waals surface area contributed by atoms with Crippen LogP contribution >= 0.6 is 0 Å². The fourth-order valence-corrected chi connectivity index (χ4v) is 3.13. The van der Waals surface area contributed by atoms with Gasteiger partial charge >= 0.3 is 0 Å². The van der Waals surface area contributed by atoms with Crippen LogP contribution in [0.15, 0.2) is 23.4 Å². The van der Waals surface area contributed by atoms with Crippen molar-refractivity contribution < 1.29 is 13.2 Å². The SMILES string of the molecule is CCCNc1cccnc1S(=O)(=O)N(C)C(C)COC. The summed E-state index contributed by atoms with van der Waals surface area (Å²) >= 11 is 0. The first-order chi connectivity index (χ1) is 9.45. The Labute approximate surface area is 121 Å². The summed E-state index contributed by atoms with van der Waals surface area (Å²) in [6, 6.07) is 3.19. The quantitative estimate of drug-likeness (QED) is 0.789. The van der Waals surface area contributed by atoms with E-state index in [0.29, 0.717) is 18.8 Å². The second-order valence-corrected chi connectivity index (χ2v) is 6.52. The van der Waals surface area contributed by atoms with Crippen molar-refractivity contribution in [3.63, 3.8) is 0 Å². The number of nitrogens with zero attached hydrogens (tertiary/aromatic N) is 2. The second kappa shape index (κ2) is 7.56. The Kier molecular flexibility index (Phi) is 6.38. The summed E-state index contributed by atoms with van der Waals surface area (Å²) in [4.78, 5) is 4.03. The highest BCUT2D eigenvalue weighted by Crippen LogP contribution is 2.22. The monoisotopic (exact) mass is 301 g/mol. The average Bonchev–Trinajstić information content (AvgIpc) is 2.44. The van der Waals surface area contributed by atoms with E-state index in [9.17, 15) is 8.42 Å². The molecule has 0 aromatic carbocycles. The van der Waals surface area contributed by atoms with E-state index in [1.807, 2.05) is 6.92 Å². The zero-order valence-electron chi connectivity index (χ0n) is 12.5. The van der Waals surface area contributed by atoms with Crippen LogP contribution in [-0.2, 0) is 14.8 Å². The summed E-state index contributed by atoms with van der Waals surface area (Å²) in [5.41, 5.74) is 0.533. The number of methoxy groups -OCH3 is 1. The Morgan fingerprint density at radius 2 is 2.20 bits per heavy atom. The Hall–Kier alpha value is -1.18. The largest absolute Gasteiger partial charge is 0.383 e. The molecule has 1 heterocycles. The zero-order chi connectivity index (χ0) is 15.2. The smallest absolute Gasteiger partial charge is 0.262 e. The molecule has 0 spiro atoms. The van der Waals surface area contributed by atoms with Gasteiger partial charge in [-0.25, -0.2) is 13.4 Å². The molecule has 0 aliphatic rings. The first-order valence-corrected chi connectivity index (χ1v) is 8.05. The van der Waals surface area contributed by atoms with E-state index in [2.05, 4.69) is 10.3 Å². The van der Waals surface area contributed by atoms with Gasteiger partial charge in [0.25, 0.3) is 10.0 Å². The normalized spacial score (nSPS) is 13.4. The molecule has 1 unspecified atom stereocenters. The van der Waals surface area contributed by atoms with Crippen LogP contribution in [0.5, 0.6) is 0 Å². The maximum absolute atomic E-state index is 12.6. The van der Waals surface area contributed by atoms with E-state index >= 15 is 0 Å². The molecule has 20 heavy (non-hydrogen) atoms. The lowest BCUT2D eigenvalue weighted by Gasteiger charge is -2.24. The van der Waals surface area contributed by atoms with Crippen LogP contribution in [0.1, 0.15) is 20.3 Å². The van der Waals surface area contributed by atoms with Gasteiger partial charge in [0.15, 0.2) is 5.03 Å². The zero-order valence-corrected chi connectivity index (χ0v) is 13.3. The highest BCUT2D eigenvalue weighted by atomic mass is 32.2. The number of ether oxygens (including phenoxy) is 1. The third-order valence-corrected chi connectivity index (χ3v) is 4.92. The minimum absolute atomic E-state index is 0.0545. The number of anilines is 1. The number of rotatable bonds is 8. The number of sulfonamides is 1. The van der Waals surface area contributed by atoms with Crippen LogP contribution in [0.2, 0.25) is 0 Å². The molecule has 0 aliphatic carbocycles. The molecule has 0 saturated carbocycles. The number of hydrogen-bond donors (Lipinski definition) is 1. The van der Waals surface area contributed by atoms with Crippen LogP contribution in [-0.4, -0.2) is 51.1 Å². The predicted octanol–water partition coefficient (Wildman–Crippen LogP) is 1.56. The van der Waals surface area contributed by atoms with Crippen LogP contribution in [0.4, 0.5) is 5.69 Å². The van der Waals surface area contributed by atoms with E-state index < -0.39 is 10.0 Å². The summed E-state index contributed by atoms with van der Waals surface area (Å²) in [6.45, 7) is 4.85. The Morgan fingerprint density at radius 1 is 1.50 bits per heavy atom. The van der Waals surface area contributed by atoms with Gasteiger partial charge in [0.1, 0.15) is 0 Å². The molecule has 6 nitrogen and oxygen atoms in total. The summed E-state index contributed by atoms with van der Waals surface area (Å²) in [5.74, 6) is 0. The van der Waals surface area contributed by atoms with E-state index in [4.69, 9.17) is 4.74 Å². The molecule has 1 N–H and O–H groups in total. The van der Waals surface area contributed by atoms with Crippen molar-refractivity contribution in [3.05, 3.63) is 18.3 Å². The van der Waals surface area contributed by atoms with E-state index in [1.165, 1.54) is 17.5 Å². The summed E-state index contributed by atoms with van der Waals surface area (Å²) in [5, 5.41) is 3.15. The molecule has 0 bridgehead atoms. The van der Waals surface area contributed by atoms with Gasteiger partial charge in [-0.3, -0.25) is 0 Å². The second-order valence-electron chi connectivity index (χ2n) is 4.61. The van der Waals surface area contributed by atoms with Crippen LogP contribution in [0.3, 0.4) is 0 Å². The maximum atomic E-state index is 12.6. The van der Waals surface area contributed by atoms with Crippen molar-refractivity contribution in [2.24, 2.45) is 0 Å². The molecule has 7 heteroatoms. The highest BCUT2D eigenvalue weighted by Gasteiger charge is 2.28. The topological polar surface area (TPSA) is 71.5 Å². The Morgan fingerprint density at radius 3 is 2.80 bits per heavy atom. The summed E-state index contributed by atoms with van der Waals surface area (Å²) < 4.78 is 31.5. The van der Waals surface area contributed by atoms with Crippen molar-refractivity contribution in [1.29, 1.82) is 0 Å². The average molecular weight is 301 g/mol. The lowest BCUT2D eigenvalue weighted by Crippen LogP contribution is -2.38. The number of nitrogens with one attached hydrogen (secondary N) is 1. The highest BCUT2D eigenvalue weighted by molar-refractivity contribution is 7.89. The van der Waals surface area contributed by atoms with E-state index in [1.54, 1.807) is 26.2 Å². The lowest BCUT2D eigenvalue weighted by molar-refractivity contribution is 0.149. The molecule has 0 aliphatic heterocycles. The van der Waals surface area contributed by atoms with E-state index in [0.717, 1.165) is 6.42 Å². The molecule has 1 aromatic heterocycles. The van der Waals surface area contributed by atoms with Crippen molar-refractivity contribution in [2.45, 2.75) is 31.3 Å². The van der Waals surface area contributed by atoms with Crippen LogP contribution < -0.4 is 5.32 Å². The molecule has 1 rings (SSSR count). The van der Waals surface area contributed by atoms with Gasteiger partial charge < -0.3 is 10.1 Å². The molecule has 0 fully saturated rings. The Balaban J connectivity index is 3.08. The van der Waals surface area contributed by atoms with E-state index in [-0.39, 0.29) is 11.1 Å². The molecule has 1 atom stereocenters. The molecular weight excluding hydrogens is 278 g/mol. The number of likely N-dealkylation sites (N-methyl/N-ethyl adjacent to an activating group) is 1. The van der Waals surface area contributed by atoms with Crippen molar-refractivity contribution in [1.82, 2.24) is 9.29 Å². The van der Waals surface area contributed by atoms with Gasteiger partial charge in [-0.1, -0.05) is 6.92 Å². The van der Waals surface area contributed by atoms with Gasteiger partial charge in [0, 0.05) is 32.9 Å². The van der Waals surface area contributed by atoms with Gasteiger partial charge in [0.05, 0.1) is 12.3 Å². The van der Waals surface area contributed by atoms with Gasteiger partial charge in [-0.05, 0) is 25.5 Å². The summed E-state index contributed by atoms with van der Waals surface area (Å²) in [7, 11) is -0.555. The van der Waals surface area contributed by atoms with Crippen LogP contribution in [0.25, 0.3) is 0 Å². The van der Waals surface area contributed by atoms with Crippen molar-refractivity contribution >= 4 is 15.7 Å². The molecule has 1 aromatic rings. The molecule has 114 valence electrons. The number of aromatic nitrogens is 1. The first kappa shape index (κ1) is 16.9. The van der Waals surface area contributed by atoms with Crippen molar-refractivity contribution in [2.75, 3.05) is 32.6 Å². The molecular formula is C13H23N3O3S. The third kappa shape index (κ3) is 3.91. The minimum Gasteiger partial charge on any atom is -0.383 e. The van der Waals surface area contributed by atoms with Gasteiger partial charge in [-0.2, -0.15) is 4.31 Å². The molecule has 0 radical (unpaired) electrons. The molecule has 0 amide bonds. The minimum atomic E-state index is -3.64. The fraction of sp³-hybridized carbons (Fsp3) is 0.615. The van der Waals surface area contributed by atoms with Gasteiger partial charge in [-0.15, -0.1) is 0 Å². The predicted molar refractivity (Wildman–Crippen MR) is 79.3 cm³/mol. The standard InChI is InChI=1S/C13H23N3O3S/c1-5-8-14-12-7-6-9-15-13(12)20(17,18)16(3)11(2)10-19-4/h6-7,9,11,14H,5,8,10H2,1-4H3. The van der Waals surface area contributed by atoms with Gasteiger partial charge in [0.2, 0.25) is 0 Å². The lowest BCUT2D eigenvalue weighted by atomic mass is 10.4. The van der Waals surface area contributed by atoms with Crippen molar-refractivity contribution in [3.8, 4) is 0 Å². The maximum Gasteiger partial charge on any atom is 0.262 e. The van der Waals surface area contributed by atoms with Crippen LogP contribution in [0, 0.1) is 0 Å². The summed E-state index contributed by atoms with van der Waals surface area (Å²) in [6.07, 6.45) is 2.39. The number of pyridine rings is 1. The Bertz CT molecular complexity index is 519. The molecule has 0 saturated heterocycles. The first-order valence-electron chi connectivity index (χ1n) is 6.61. The number of hydrogen-bond acceptors (Lipinski definition) is 5. The third-order valence-electron chi connectivity index (χ3n) is 2.99. The fourth-order valence-electron chi connectivity index (χ4n) is 1.71.